The second-order valence-electron chi connectivity index (χ2n) is 5.31. The lowest BCUT2D eigenvalue weighted by Gasteiger charge is -2.07. The molecule has 5 nitrogen and oxygen atoms in total. The molecule has 0 aliphatic rings. The summed E-state index contributed by atoms with van der Waals surface area (Å²) in [5, 5.41) is 11.6. The van der Waals surface area contributed by atoms with Crippen molar-refractivity contribution in [2.24, 2.45) is 0 Å². The molecule has 0 unspecified atom stereocenters. The van der Waals surface area contributed by atoms with Crippen molar-refractivity contribution in [3.63, 3.8) is 0 Å². The van der Waals surface area contributed by atoms with Gasteiger partial charge in [-0.25, -0.2) is 0 Å². The molecule has 0 saturated carbocycles. The Bertz CT molecular complexity index is 851. The van der Waals surface area contributed by atoms with Crippen molar-refractivity contribution in [2.45, 2.75) is 6.42 Å². The Kier molecular flexibility index (Phi) is 4.43. The molecule has 0 atom stereocenters. The van der Waals surface area contributed by atoms with Gasteiger partial charge in [-0.3, -0.25) is 9.59 Å². The molecule has 24 heavy (non-hydrogen) atoms. The summed E-state index contributed by atoms with van der Waals surface area (Å²) in [4.78, 5) is 23.0. The number of carbonyl (C=O) groups is 2. The smallest absolute Gasteiger partial charge is 0.307 e. The molecule has 1 amide bonds. The average Bonchev–Trinajstić information content (AvgIpc) is 3.11. The highest BCUT2D eigenvalue weighted by molar-refractivity contribution is 6.04. The summed E-state index contributed by atoms with van der Waals surface area (Å²) in [5.41, 5.74) is 3.63. The summed E-state index contributed by atoms with van der Waals surface area (Å²) in [6.07, 6.45) is 3.17. The van der Waals surface area contributed by atoms with E-state index < -0.39 is 5.97 Å². The minimum atomic E-state index is -0.886. The zero-order valence-corrected chi connectivity index (χ0v) is 12.7. The first kappa shape index (κ1) is 15.6. The van der Waals surface area contributed by atoms with Crippen LogP contribution in [-0.2, 0) is 11.2 Å². The number of carboxylic acids is 1. The number of carbonyl (C=O) groups excluding carboxylic acids is 1. The lowest BCUT2D eigenvalue weighted by molar-refractivity contribution is -0.136. The number of benzene rings is 2. The van der Waals surface area contributed by atoms with Crippen LogP contribution in [0.1, 0.15) is 15.9 Å². The Morgan fingerprint density at radius 3 is 2.46 bits per heavy atom. The molecule has 0 saturated heterocycles. The zero-order chi connectivity index (χ0) is 16.9. The quantitative estimate of drug-likeness (QED) is 0.748. The monoisotopic (exact) mass is 321 g/mol. The third-order valence-electron chi connectivity index (χ3n) is 3.55. The fourth-order valence-corrected chi connectivity index (χ4v) is 2.35. The van der Waals surface area contributed by atoms with E-state index >= 15 is 0 Å². The zero-order valence-electron chi connectivity index (χ0n) is 12.7. The van der Waals surface area contributed by atoms with Gasteiger partial charge in [-0.15, -0.1) is 0 Å². The van der Waals surface area contributed by atoms with E-state index in [0.717, 1.165) is 11.1 Å². The van der Waals surface area contributed by atoms with Crippen molar-refractivity contribution in [3.05, 3.63) is 78.3 Å². The minimum absolute atomic E-state index is 0.0407. The van der Waals surface area contributed by atoms with E-state index in [-0.39, 0.29) is 12.3 Å². The molecule has 0 aliphatic carbocycles. The lowest BCUT2D eigenvalue weighted by Crippen LogP contribution is -2.12. The summed E-state index contributed by atoms with van der Waals surface area (Å²) >= 11 is 0. The largest absolute Gasteiger partial charge is 0.481 e. The van der Waals surface area contributed by atoms with Gasteiger partial charge >= 0.3 is 5.97 Å². The first-order valence-electron chi connectivity index (χ1n) is 7.36. The fourth-order valence-electron chi connectivity index (χ4n) is 2.35. The van der Waals surface area contributed by atoms with Crippen molar-refractivity contribution in [1.82, 2.24) is 0 Å². The van der Waals surface area contributed by atoms with Crippen LogP contribution in [0.15, 0.2) is 71.5 Å². The number of hydrogen-bond donors (Lipinski definition) is 2. The van der Waals surface area contributed by atoms with Gasteiger partial charge in [0.1, 0.15) is 0 Å². The number of nitrogens with one attached hydrogen (secondary N) is 1. The molecule has 0 spiro atoms. The number of hydrogen-bond acceptors (Lipinski definition) is 3. The van der Waals surface area contributed by atoms with Gasteiger partial charge in [0.25, 0.3) is 5.91 Å². The second-order valence-corrected chi connectivity index (χ2v) is 5.31. The normalized spacial score (nSPS) is 10.3. The van der Waals surface area contributed by atoms with E-state index in [2.05, 4.69) is 5.32 Å². The fraction of sp³-hybridized carbons (Fsp3) is 0.0526. The summed E-state index contributed by atoms with van der Waals surface area (Å²) in [6, 6.07) is 15.8. The summed E-state index contributed by atoms with van der Waals surface area (Å²) < 4.78 is 5.06. The molecule has 0 radical (unpaired) electrons. The van der Waals surface area contributed by atoms with Crippen molar-refractivity contribution >= 4 is 17.6 Å². The maximum atomic E-state index is 12.4. The SMILES string of the molecule is O=C(O)Cc1ccc(NC(=O)c2cccc(-c3ccoc3)c2)cc1. The first-order chi connectivity index (χ1) is 11.6. The third-order valence-corrected chi connectivity index (χ3v) is 3.55. The molecule has 5 heteroatoms. The van der Waals surface area contributed by atoms with Crippen LogP contribution in [0.2, 0.25) is 0 Å². The van der Waals surface area contributed by atoms with Crippen LogP contribution >= 0.6 is 0 Å². The molecule has 0 fully saturated rings. The average molecular weight is 321 g/mol. The van der Waals surface area contributed by atoms with Crippen LogP contribution < -0.4 is 5.32 Å². The molecule has 3 rings (SSSR count). The highest BCUT2D eigenvalue weighted by Gasteiger charge is 2.09. The maximum Gasteiger partial charge on any atom is 0.307 e. The number of aliphatic carboxylic acids is 1. The van der Waals surface area contributed by atoms with Gasteiger partial charge in [0.2, 0.25) is 0 Å². The highest BCUT2D eigenvalue weighted by Crippen LogP contribution is 2.21. The number of anilines is 1. The van der Waals surface area contributed by atoms with Gasteiger partial charge in [-0.1, -0.05) is 24.3 Å². The Morgan fingerprint density at radius 2 is 1.79 bits per heavy atom. The predicted molar refractivity (Wildman–Crippen MR) is 89.9 cm³/mol. The highest BCUT2D eigenvalue weighted by atomic mass is 16.4. The van der Waals surface area contributed by atoms with E-state index in [9.17, 15) is 9.59 Å². The lowest BCUT2D eigenvalue weighted by atomic mass is 10.1. The second kappa shape index (κ2) is 6.83. The molecule has 2 aromatic carbocycles. The molecule has 0 bridgehead atoms. The van der Waals surface area contributed by atoms with E-state index in [4.69, 9.17) is 9.52 Å². The summed E-state index contributed by atoms with van der Waals surface area (Å²) in [7, 11) is 0. The van der Waals surface area contributed by atoms with Gasteiger partial charge in [0.05, 0.1) is 18.9 Å². The predicted octanol–water partition coefficient (Wildman–Crippen LogP) is 3.83. The Labute approximate surface area is 138 Å². The van der Waals surface area contributed by atoms with Crippen LogP contribution in [0, 0.1) is 0 Å². The van der Waals surface area contributed by atoms with E-state index in [1.807, 2.05) is 18.2 Å². The third kappa shape index (κ3) is 3.70. The van der Waals surface area contributed by atoms with Gasteiger partial charge < -0.3 is 14.8 Å². The van der Waals surface area contributed by atoms with Gasteiger partial charge in [-0.2, -0.15) is 0 Å². The maximum absolute atomic E-state index is 12.4. The van der Waals surface area contributed by atoms with Gasteiger partial charge in [0, 0.05) is 16.8 Å². The van der Waals surface area contributed by atoms with Crippen LogP contribution in [0.4, 0.5) is 5.69 Å². The van der Waals surface area contributed by atoms with Crippen molar-refractivity contribution in [3.8, 4) is 11.1 Å². The van der Waals surface area contributed by atoms with Crippen LogP contribution in [0.25, 0.3) is 11.1 Å². The van der Waals surface area contributed by atoms with Crippen molar-refractivity contribution < 1.29 is 19.1 Å². The van der Waals surface area contributed by atoms with Crippen molar-refractivity contribution in [1.29, 1.82) is 0 Å². The first-order valence-corrected chi connectivity index (χ1v) is 7.36. The van der Waals surface area contributed by atoms with Crippen LogP contribution in [-0.4, -0.2) is 17.0 Å². The number of carboxylic acid groups (broad SMARTS) is 1. The Balaban J connectivity index is 1.73. The molecule has 0 aliphatic heterocycles. The number of rotatable bonds is 5. The Hall–Kier alpha value is -3.34. The molecule has 1 aromatic heterocycles. The molecule has 2 N–H and O–H groups in total. The summed E-state index contributed by atoms with van der Waals surface area (Å²) in [6.45, 7) is 0. The minimum Gasteiger partial charge on any atom is -0.481 e. The van der Waals surface area contributed by atoms with E-state index in [1.54, 1.807) is 48.9 Å². The molecular weight excluding hydrogens is 306 g/mol. The summed E-state index contributed by atoms with van der Waals surface area (Å²) in [5.74, 6) is -1.12. The molecule has 120 valence electrons. The molecule has 3 aromatic rings. The molecular formula is C19H15NO4. The van der Waals surface area contributed by atoms with E-state index in [0.29, 0.717) is 16.8 Å². The van der Waals surface area contributed by atoms with Gasteiger partial charge in [-0.05, 0) is 41.5 Å². The van der Waals surface area contributed by atoms with Gasteiger partial charge in [0.15, 0.2) is 0 Å². The van der Waals surface area contributed by atoms with Crippen molar-refractivity contribution in [2.75, 3.05) is 5.32 Å². The molecule has 1 heterocycles. The standard InChI is InChI=1S/C19H15NO4/c21-18(22)10-13-4-6-17(7-5-13)20-19(23)15-3-1-2-14(11-15)16-8-9-24-12-16/h1-9,11-12H,10H2,(H,20,23)(H,21,22). The van der Waals surface area contributed by atoms with E-state index in [1.165, 1.54) is 0 Å². The number of amides is 1. The topological polar surface area (TPSA) is 79.5 Å². The van der Waals surface area contributed by atoms with Crippen LogP contribution in [0.5, 0.6) is 0 Å². The number of furan rings is 1. The van der Waals surface area contributed by atoms with Crippen LogP contribution in [0.3, 0.4) is 0 Å². The Morgan fingerprint density at radius 1 is 1.00 bits per heavy atom.